The fourth-order valence-corrected chi connectivity index (χ4v) is 5.38. The maximum atomic E-state index is 13.7. The van der Waals surface area contributed by atoms with Crippen LogP contribution in [0.4, 0.5) is 11.4 Å². The number of amides is 2. The molecule has 1 aliphatic rings. The molecule has 2 amide bonds. The summed E-state index contributed by atoms with van der Waals surface area (Å²) in [4.78, 5) is 28.4. The molecule has 3 aromatic rings. The Hall–Kier alpha value is -3.53. The minimum absolute atomic E-state index is 0.0987. The SMILES string of the molecule is Cc1ccc(N2C(=O)C(Cc3cccc(Cl)c3)S/C2=C(/C#N)C(=O)Nc2ccccc2C)cc1C. The van der Waals surface area contributed by atoms with Crippen LogP contribution in [0, 0.1) is 32.1 Å². The van der Waals surface area contributed by atoms with Gasteiger partial charge in [0.15, 0.2) is 0 Å². The van der Waals surface area contributed by atoms with E-state index in [1.54, 1.807) is 12.1 Å². The van der Waals surface area contributed by atoms with Gasteiger partial charge in [-0.05, 0) is 79.8 Å². The summed E-state index contributed by atoms with van der Waals surface area (Å²) in [5, 5.41) is 13.3. The highest BCUT2D eigenvalue weighted by molar-refractivity contribution is 8.05. The molecule has 0 aliphatic carbocycles. The molecule has 3 aromatic carbocycles. The summed E-state index contributed by atoms with van der Waals surface area (Å²) < 4.78 is 0. The Bertz CT molecular complexity index is 1390. The van der Waals surface area contributed by atoms with Crippen molar-refractivity contribution in [3.8, 4) is 6.07 Å². The van der Waals surface area contributed by atoms with E-state index in [9.17, 15) is 14.9 Å². The second-order valence-corrected chi connectivity index (χ2v) is 10.1. The topological polar surface area (TPSA) is 73.2 Å². The van der Waals surface area contributed by atoms with Gasteiger partial charge in [-0.3, -0.25) is 14.5 Å². The molecule has 35 heavy (non-hydrogen) atoms. The number of hydrogen-bond acceptors (Lipinski definition) is 4. The van der Waals surface area contributed by atoms with E-state index >= 15 is 0 Å². The van der Waals surface area contributed by atoms with Crippen LogP contribution < -0.4 is 10.2 Å². The lowest BCUT2D eigenvalue weighted by Gasteiger charge is -2.20. The summed E-state index contributed by atoms with van der Waals surface area (Å²) in [5.74, 6) is -0.723. The molecule has 1 fully saturated rings. The van der Waals surface area contributed by atoms with E-state index < -0.39 is 11.2 Å². The average molecular weight is 502 g/mol. The smallest absolute Gasteiger partial charge is 0.269 e. The summed E-state index contributed by atoms with van der Waals surface area (Å²) in [5.41, 5.74) is 5.04. The van der Waals surface area contributed by atoms with E-state index in [0.29, 0.717) is 27.8 Å². The molecule has 1 N–H and O–H groups in total. The Morgan fingerprint density at radius 2 is 1.80 bits per heavy atom. The van der Waals surface area contributed by atoms with Crippen molar-refractivity contribution in [1.29, 1.82) is 5.26 Å². The molecule has 1 atom stereocenters. The number of carbonyl (C=O) groups excluding carboxylic acids is 2. The lowest BCUT2D eigenvalue weighted by Crippen LogP contribution is -2.31. The first-order chi connectivity index (χ1) is 16.8. The van der Waals surface area contributed by atoms with Gasteiger partial charge in [0, 0.05) is 16.4 Å². The fourth-order valence-electron chi connectivity index (χ4n) is 3.86. The third-order valence-corrected chi connectivity index (χ3v) is 7.46. The molecule has 0 saturated carbocycles. The van der Waals surface area contributed by atoms with Crippen molar-refractivity contribution in [2.75, 3.05) is 10.2 Å². The predicted molar refractivity (Wildman–Crippen MR) is 142 cm³/mol. The molecule has 4 rings (SSSR count). The van der Waals surface area contributed by atoms with Crippen molar-refractivity contribution in [2.45, 2.75) is 32.4 Å². The highest BCUT2D eigenvalue weighted by Gasteiger charge is 2.41. The number of nitrogens with one attached hydrogen (secondary N) is 1. The van der Waals surface area contributed by atoms with E-state index in [0.717, 1.165) is 22.3 Å². The van der Waals surface area contributed by atoms with Crippen LogP contribution in [0.5, 0.6) is 0 Å². The van der Waals surface area contributed by atoms with Crippen molar-refractivity contribution in [2.24, 2.45) is 0 Å². The van der Waals surface area contributed by atoms with Gasteiger partial charge in [-0.1, -0.05) is 59.8 Å². The van der Waals surface area contributed by atoms with E-state index in [4.69, 9.17) is 11.6 Å². The van der Waals surface area contributed by atoms with Crippen molar-refractivity contribution < 1.29 is 9.59 Å². The van der Waals surface area contributed by atoms with E-state index in [1.165, 1.54) is 16.7 Å². The number of halogens is 1. The van der Waals surface area contributed by atoms with Crippen LogP contribution in [-0.2, 0) is 16.0 Å². The number of nitrogens with zero attached hydrogens (tertiary/aromatic N) is 2. The highest BCUT2D eigenvalue weighted by atomic mass is 35.5. The van der Waals surface area contributed by atoms with Gasteiger partial charge < -0.3 is 5.32 Å². The zero-order chi connectivity index (χ0) is 25.1. The molecule has 1 heterocycles. The Morgan fingerprint density at radius 3 is 2.49 bits per heavy atom. The van der Waals surface area contributed by atoms with Gasteiger partial charge in [0.25, 0.3) is 5.91 Å². The van der Waals surface area contributed by atoms with E-state index in [1.807, 2.05) is 75.4 Å². The van der Waals surface area contributed by atoms with Gasteiger partial charge in [-0.15, -0.1) is 0 Å². The van der Waals surface area contributed by atoms with Crippen LogP contribution in [0.1, 0.15) is 22.3 Å². The molecule has 176 valence electrons. The molecule has 0 spiro atoms. The molecule has 1 saturated heterocycles. The average Bonchev–Trinajstić information content (AvgIpc) is 3.13. The van der Waals surface area contributed by atoms with Crippen LogP contribution >= 0.6 is 23.4 Å². The van der Waals surface area contributed by atoms with Crippen molar-refractivity contribution in [1.82, 2.24) is 0 Å². The maximum Gasteiger partial charge on any atom is 0.269 e. The quantitative estimate of drug-likeness (QED) is 0.327. The first-order valence-electron chi connectivity index (χ1n) is 11.1. The highest BCUT2D eigenvalue weighted by Crippen LogP contribution is 2.42. The minimum Gasteiger partial charge on any atom is -0.321 e. The normalized spacial score (nSPS) is 16.7. The Kier molecular flexibility index (Phi) is 7.30. The third kappa shape index (κ3) is 5.27. The lowest BCUT2D eigenvalue weighted by atomic mass is 10.1. The number of hydrogen-bond donors (Lipinski definition) is 1. The molecule has 0 radical (unpaired) electrons. The largest absolute Gasteiger partial charge is 0.321 e. The molecule has 5 nitrogen and oxygen atoms in total. The standard InChI is InChI=1S/C28H24ClN3O2S/c1-17-11-12-22(13-19(17)3)32-27(34)25(15-20-8-6-9-21(29)14-20)35-28(32)23(16-30)26(33)31-24-10-5-4-7-18(24)2/h4-14,25H,15H2,1-3H3,(H,31,33)/b28-23-. The minimum atomic E-state index is -0.547. The summed E-state index contributed by atoms with van der Waals surface area (Å²) >= 11 is 7.39. The number of para-hydroxylation sites is 1. The number of thioether (sulfide) groups is 1. The summed E-state index contributed by atoms with van der Waals surface area (Å²) in [6.07, 6.45) is 0.424. The van der Waals surface area contributed by atoms with Crippen LogP contribution in [0.25, 0.3) is 0 Å². The van der Waals surface area contributed by atoms with Gasteiger partial charge in [-0.25, -0.2) is 0 Å². The number of anilines is 2. The van der Waals surface area contributed by atoms with Gasteiger partial charge in [0.2, 0.25) is 5.91 Å². The Labute approximate surface area is 214 Å². The molecule has 0 aromatic heterocycles. The van der Waals surface area contributed by atoms with Gasteiger partial charge in [0.05, 0.1) is 5.25 Å². The lowest BCUT2D eigenvalue weighted by molar-refractivity contribution is -0.117. The van der Waals surface area contributed by atoms with Crippen LogP contribution in [0.2, 0.25) is 5.02 Å². The predicted octanol–water partition coefficient (Wildman–Crippen LogP) is 6.33. The number of carbonyl (C=O) groups is 2. The first kappa shape index (κ1) is 24.6. The number of aryl methyl sites for hydroxylation is 3. The zero-order valence-electron chi connectivity index (χ0n) is 19.6. The second-order valence-electron chi connectivity index (χ2n) is 8.44. The molecule has 1 unspecified atom stereocenters. The Balaban J connectivity index is 1.76. The van der Waals surface area contributed by atoms with Crippen molar-refractivity contribution in [3.05, 3.63) is 105 Å². The van der Waals surface area contributed by atoms with E-state index in [-0.39, 0.29) is 11.5 Å². The van der Waals surface area contributed by atoms with Crippen LogP contribution in [-0.4, -0.2) is 17.1 Å². The van der Waals surface area contributed by atoms with Crippen LogP contribution in [0.3, 0.4) is 0 Å². The van der Waals surface area contributed by atoms with Crippen molar-refractivity contribution >= 4 is 46.6 Å². The van der Waals surface area contributed by atoms with Crippen molar-refractivity contribution in [3.63, 3.8) is 0 Å². The molecular weight excluding hydrogens is 478 g/mol. The van der Waals surface area contributed by atoms with Gasteiger partial charge in [0.1, 0.15) is 16.7 Å². The number of rotatable bonds is 5. The monoisotopic (exact) mass is 501 g/mol. The zero-order valence-corrected chi connectivity index (χ0v) is 21.2. The van der Waals surface area contributed by atoms with E-state index in [2.05, 4.69) is 11.4 Å². The fraction of sp³-hybridized carbons (Fsp3) is 0.179. The number of benzene rings is 3. The summed E-state index contributed by atoms with van der Waals surface area (Å²) in [7, 11) is 0. The molecule has 0 bridgehead atoms. The first-order valence-corrected chi connectivity index (χ1v) is 12.4. The molecule has 7 heteroatoms. The van der Waals surface area contributed by atoms with Crippen LogP contribution in [0.15, 0.2) is 77.3 Å². The summed E-state index contributed by atoms with van der Waals surface area (Å²) in [6.45, 7) is 5.84. The second kappa shape index (κ2) is 10.4. The molecular formula is C28H24ClN3O2S. The Morgan fingerprint density at radius 1 is 1.03 bits per heavy atom. The summed E-state index contributed by atoms with van der Waals surface area (Å²) in [6, 6.07) is 22.5. The number of nitriles is 1. The maximum absolute atomic E-state index is 13.7. The van der Waals surface area contributed by atoms with Gasteiger partial charge in [-0.2, -0.15) is 5.26 Å². The molecule has 1 aliphatic heterocycles. The third-order valence-electron chi connectivity index (χ3n) is 5.96. The van der Waals surface area contributed by atoms with Gasteiger partial charge >= 0.3 is 0 Å².